The molecule has 318 valence electrons. The molecule has 0 radical (unpaired) electrons. The van der Waals surface area contributed by atoms with Crippen LogP contribution in [0, 0.1) is 28.6 Å². The first-order valence-corrected chi connectivity index (χ1v) is 22.9. The van der Waals surface area contributed by atoms with Gasteiger partial charge in [0.25, 0.3) is 0 Å². The van der Waals surface area contributed by atoms with Gasteiger partial charge in [-0.1, -0.05) is 39.5 Å². The fourth-order valence-corrected chi connectivity index (χ4v) is 13.1. The van der Waals surface area contributed by atoms with Crippen molar-refractivity contribution in [2.75, 3.05) is 18.9 Å². The summed E-state index contributed by atoms with van der Waals surface area (Å²) in [5.74, 6) is 0.661. The van der Waals surface area contributed by atoms with Gasteiger partial charge in [-0.2, -0.15) is 11.8 Å². The Balaban J connectivity index is 0.880. The molecule has 6 N–H and O–H groups in total. The van der Waals surface area contributed by atoms with Gasteiger partial charge >= 0.3 is 5.97 Å². The van der Waals surface area contributed by atoms with Crippen molar-refractivity contribution in [1.82, 2.24) is 16.0 Å². The number of hydrogen-bond donors (Lipinski definition) is 6. The average Bonchev–Trinajstić information content (AvgIpc) is 3.67. The summed E-state index contributed by atoms with van der Waals surface area (Å²) < 4.78 is 6.20. The van der Waals surface area contributed by atoms with Crippen LogP contribution in [0.4, 0.5) is 0 Å². The second-order valence-electron chi connectivity index (χ2n) is 18.5. The maximum absolute atomic E-state index is 12.7. The summed E-state index contributed by atoms with van der Waals surface area (Å²) in [5, 5.41) is 41.0. The summed E-state index contributed by atoms with van der Waals surface area (Å²) in [7, 11) is 0. The number of carbonyl (C=O) groups is 5. The minimum absolute atomic E-state index is 0.0828. The Morgan fingerprint density at radius 2 is 1.54 bits per heavy atom. The van der Waals surface area contributed by atoms with E-state index in [0.29, 0.717) is 36.9 Å². The van der Waals surface area contributed by atoms with Crippen molar-refractivity contribution in [1.29, 1.82) is 0 Å². The molecule has 0 aromatic carbocycles. The zero-order chi connectivity index (χ0) is 40.5. The number of aliphatic carboxylic acids is 1. The predicted octanol–water partition coefficient (Wildman–Crippen LogP) is 5.45. The lowest BCUT2D eigenvalue weighted by atomic mass is 9.43. The number of nitrogens with one attached hydrogen (secondary N) is 3. The number of thioether (sulfide) groups is 1. The number of carbonyl (C=O) groups excluding carboxylic acids is 4. The summed E-state index contributed by atoms with van der Waals surface area (Å²) in [6, 6.07) is -0.432. The standard InChI is InChI=1S/C43H71N3O9S/c1-28(47)45-40-34(27-56-35(40)13-9-10-15-39(52)53)46-38(51)19-23-44-37(50)14-8-6-4-5-7-12-30(48)26-55-31-18-22-41(2)29(24-31)16-17-32-33(41)25-36(49)42(3)20-11-21-43(32,42)54/h29,31-36,40,49,54H,4-27H2,1-3H3,(H,44,50)(H,45,47)(H,46,51)(H,52,53)/t29-,31+,32-,33?,34?,35?,36-,40?,41+,42+,43+/m1/s1. The van der Waals surface area contributed by atoms with Crippen LogP contribution in [0.15, 0.2) is 0 Å². The van der Waals surface area contributed by atoms with E-state index < -0.39 is 17.7 Å². The SMILES string of the molecule is CC(=O)NC1C(NC(=O)CCNC(=O)CCCCCCCC(=O)CO[C@H]2CC[C@]3(C)C4C[C@@H](O)[C@]5(C)CCC[C@]5(O)[C@@H]4CC[C@@H]3C2)CSC1CCCCC(=O)O. The van der Waals surface area contributed by atoms with Crippen LogP contribution in [0.3, 0.4) is 0 Å². The van der Waals surface area contributed by atoms with Gasteiger partial charge < -0.3 is 36.0 Å². The predicted molar refractivity (Wildman–Crippen MR) is 216 cm³/mol. The van der Waals surface area contributed by atoms with E-state index in [9.17, 15) is 34.2 Å². The van der Waals surface area contributed by atoms with Crippen molar-refractivity contribution in [3.8, 4) is 0 Å². The van der Waals surface area contributed by atoms with Gasteiger partial charge in [0, 0.05) is 55.6 Å². The second-order valence-corrected chi connectivity index (χ2v) is 19.7. The largest absolute Gasteiger partial charge is 0.481 e. The number of ether oxygens (including phenoxy) is 1. The van der Waals surface area contributed by atoms with E-state index in [2.05, 4.69) is 29.8 Å². The first kappa shape index (κ1) is 44.9. The summed E-state index contributed by atoms with van der Waals surface area (Å²) in [6.07, 6.45) is 15.8. The molecule has 4 unspecified atom stereocenters. The van der Waals surface area contributed by atoms with Crippen LogP contribution < -0.4 is 16.0 Å². The van der Waals surface area contributed by atoms with Crippen molar-refractivity contribution in [2.45, 2.75) is 191 Å². The number of amides is 3. The van der Waals surface area contributed by atoms with Gasteiger partial charge in [0.15, 0.2) is 5.78 Å². The number of hydrogen-bond acceptors (Lipinski definition) is 9. The lowest BCUT2D eigenvalue weighted by Gasteiger charge is -2.64. The molecular weight excluding hydrogens is 735 g/mol. The third kappa shape index (κ3) is 10.9. The van der Waals surface area contributed by atoms with E-state index in [1.165, 1.54) is 6.92 Å². The van der Waals surface area contributed by atoms with Crippen molar-refractivity contribution >= 4 is 41.2 Å². The number of fused-ring (bicyclic) bond motifs is 5. The summed E-state index contributed by atoms with van der Waals surface area (Å²) in [6.45, 7) is 6.38. The third-order valence-corrected chi connectivity index (χ3v) is 16.4. The Morgan fingerprint density at radius 1 is 0.804 bits per heavy atom. The number of aliphatic hydroxyl groups is 2. The smallest absolute Gasteiger partial charge is 0.303 e. The molecule has 0 aromatic rings. The molecule has 0 bridgehead atoms. The maximum Gasteiger partial charge on any atom is 0.303 e. The van der Waals surface area contributed by atoms with Crippen molar-refractivity contribution in [3.05, 3.63) is 0 Å². The number of carboxylic acids is 1. The van der Waals surface area contributed by atoms with Crippen molar-refractivity contribution in [3.63, 3.8) is 0 Å². The normalized spacial score (nSPS) is 36.2. The van der Waals surface area contributed by atoms with Crippen LogP contribution in [0.25, 0.3) is 0 Å². The number of unbranched alkanes of at least 4 members (excludes halogenated alkanes) is 5. The lowest BCUT2D eigenvalue weighted by molar-refractivity contribution is -0.239. The summed E-state index contributed by atoms with van der Waals surface area (Å²) in [4.78, 5) is 60.3. The van der Waals surface area contributed by atoms with E-state index in [-0.39, 0.29) is 89.7 Å². The molecule has 1 aliphatic heterocycles. The number of rotatable bonds is 21. The van der Waals surface area contributed by atoms with Gasteiger partial charge in [-0.3, -0.25) is 24.0 Å². The number of Topliss-reactive ketones (excluding diaryl/α,β-unsaturated/α-hetero) is 1. The van der Waals surface area contributed by atoms with Crippen LogP contribution in [0.2, 0.25) is 0 Å². The minimum atomic E-state index is -0.816. The first-order chi connectivity index (χ1) is 26.7. The molecule has 5 rings (SSSR count). The molecule has 4 aliphatic carbocycles. The highest BCUT2D eigenvalue weighted by molar-refractivity contribution is 8.00. The van der Waals surface area contributed by atoms with E-state index in [0.717, 1.165) is 103 Å². The number of ketones is 1. The van der Waals surface area contributed by atoms with Crippen molar-refractivity contribution in [2.24, 2.45) is 28.6 Å². The van der Waals surface area contributed by atoms with E-state index in [4.69, 9.17) is 9.84 Å². The molecule has 5 fully saturated rings. The number of carboxylic acid groups (broad SMARTS) is 1. The van der Waals surface area contributed by atoms with Gasteiger partial charge in [-0.25, -0.2) is 0 Å². The molecule has 4 saturated carbocycles. The lowest BCUT2D eigenvalue weighted by Crippen LogP contribution is -2.65. The summed E-state index contributed by atoms with van der Waals surface area (Å²) in [5.41, 5.74) is -1.04. The highest BCUT2D eigenvalue weighted by atomic mass is 32.2. The average molecular weight is 806 g/mol. The topological polar surface area (TPSA) is 191 Å². The van der Waals surface area contributed by atoms with Crippen LogP contribution in [-0.4, -0.2) is 98.8 Å². The highest BCUT2D eigenvalue weighted by Gasteiger charge is 2.67. The van der Waals surface area contributed by atoms with Crippen LogP contribution >= 0.6 is 11.8 Å². The molecule has 0 aromatic heterocycles. The Bertz CT molecular complexity index is 1380. The molecule has 1 saturated heterocycles. The van der Waals surface area contributed by atoms with E-state index >= 15 is 0 Å². The molecular formula is C43H71N3O9S. The molecule has 56 heavy (non-hydrogen) atoms. The molecule has 12 nitrogen and oxygen atoms in total. The second kappa shape index (κ2) is 20.2. The molecule has 1 heterocycles. The zero-order valence-corrected chi connectivity index (χ0v) is 35.1. The zero-order valence-electron chi connectivity index (χ0n) is 34.3. The van der Waals surface area contributed by atoms with Gasteiger partial charge in [-0.15, -0.1) is 0 Å². The summed E-state index contributed by atoms with van der Waals surface area (Å²) >= 11 is 1.68. The maximum atomic E-state index is 12.7. The van der Waals surface area contributed by atoms with Gasteiger partial charge in [0.1, 0.15) is 6.61 Å². The molecule has 3 amide bonds. The molecule has 13 heteroatoms. The Morgan fingerprint density at radius 3 is 2.29 bits per heavy atom. The van der Waals surface area contributed by atoms with E-state index in [1.54, 1.807) is 11.8 Å². The highest BCUT2D eigenvalue weighted by Crippen LogP contribution is 2.67. The fraction of sp³-hybridized carbons (Fsp3) is 0.884. The Kier molecular flexibility index (Phi) is 16.2. The minimum Gasteiger partial charge on any atom is -0.481 e. The Hall–Kier alpha value is -2.22. The first-order valence-electron chi connectivity index (χ1n) is 21.9. The number of aliphatic hydroxyl groups excluding tert-OH is 1. The van der Waals surface area contributed by atoms with Gasteiger partial charge in [0.05, 0.1) is 29.9 Å². The third-order valence-electron chi connectivity index (χ3n) is 14.9. The van der Waals surface area contributed by atoms with Crippen LogP contribution in [0.5, 0.6) is 0 Å². The van der Waals surface area contributed by atoms with Crippen LogP contribution in [0.1, 0.15) is 156 Å². The molecule has 5 aliphatic rings. The van der Waals surface area contributed by atoms with Crippen molar-refractivity contribution < 1.29 is 44.0 Å². The monoisotopic (exact) mass is 805 g/mol. The van der Waals surface area contributed by atoms with E-state index in [1.807, 2.05) is 0 Å². The van der Waals surface area contributed by atoms with Gasteiger partial charge in [-0.05, 0) is 107 Å². The molecule has 11 atom stereocenters. The molecule has 0 spiro atoms. The van der Waals surface area contributed by atoms with Crippen LogP contribution in [-0.2, 0) is 28.7 Å². The fourth-order valence-electron chi connectivity index (χ4n) is 11.5. The quantitative estimate of drug-likeness (QED) is 0.0814. The van der Waals surface area contributed by atoms with Gasteiger partial charge in [0.2, 0.25) is 17.7 Å². The Labute approximate surface area is 338 Å².